The summed E-state index contributed by atoms with van der Waals surface area (Å²) in [5.41, 5.74) is 1.60. The topological polar surface area (TPSA) is 56.3 Å². The van der Waals surface area contributed by atoms with Crippen molar-refractivity contribution in [1.82, 2.24) is 9.97 Å². The Bertz CT molecular complexity index is 573. The number of nitrogens with zero attached hydrogens (tertiary/aromatic N) is 2. The van der Waals surface area contributed by atoms with Crippen molar-refractivity contribution in [2.45, 2.75) is 13.3 Å². The minimum absolute atomic E-state index is 0.630. The second-order valence-electron chi connectivity index (χ2n) is 4.23. The van der Waals surface area contributed by atoms with Gasteiger partial charge < -0.3 is 14.8 Å². The van der Waals surface area contributed by atoms with Gasteiger partial charge in [-0.1, -0.05) is 19.1 Å². The van der Waals surface area contributed by atoms with Gasteiger partial charge in [0.25, 0.3) is 0 Å². The van der Waals surface area contributed by atoms with Crippen molar-refractivity contribution < 1.29 is 9.47 Å². The first kappa shape index (κ1) is 14.1. The Balaban J connectivity index is 2.50. The zero-order valence-corrected chi connectivity index (χ0v) is 12.0. The molecule has 5 nitrogen and oxygen atoms in total. The lowest BCUT2D eigenvalue weighted by Gasteiger charge is -2.14. The Morgan fingerprint density at radius 1 is 1.10 bits per heavy atom. The summed E-state index contributed by atoms with van der Waals surface area (Å²) in [5, 5.41) is 3.24. The Labute approximate surface area is 119 Å². The molecule has 5 heteroatoms. The summed E-state index contributed by atoms with van der Waals surface area (Å²) >= 11 is 0. The van der Waals surface area contributed by atoms with Crippen LogP contribution in [-0.4, -0.2) is 30.7 Å². The van der Waals surface area contributed by atoms with Crippen LogP contribution in [0.25, 0.3) is 11.3 Å². The molecule has 1 N–H and O–H groups in total. The molecule has 106 valence electrons. The second-order valence-corrected chi connectivity index (χ2v) is 4.23. The standard InChI is InChI=1S/C15H19N3O2/c1-4-9-16-15-14(20-3)13(17-10-18-15)11-7-5-6-8-12(11)19-2/h5-8,10H,4,9H2,1-3H3,(H,16,17,18). The zero-order chi connectivity index (χ0) is 14.4. The average molecular weight is 273 g/mol. The quantitative estimate of drug-likeness (QED) is 0.876. The first-order chi connectivity index (χ1) is 9.81. The highest BCUT2D eigenvalue weighted by Crippen LogP contribution is 2.37. The summed E-state index contributed by atoms with van der Waals surface area (Å²) in [5.74, 6) is 2.08. The molecular formula is C15H19N3O2. The van der Waals surface area contributed by atoms with E-state index in [9.17, 15) is 0 Å². The summed E-state index contributed by atoms with van der Waals surface area (Å²) in [6.45, 7) is 2.93. The molecule has 0 radical (unpaired) electrons. The van der Waals surface area contributed by atoms with E-state index in [-0.39, 0.29) is 0 Å². The van der Waals surface area contributed by atoms with Crippen LogP contribution in [0.15, 0.2) is 30.6 Å². The molecule has 0 saturated heterocycles. The third-order valence-corrected chi connectivity index (χ3v) is 2.91. The number of aromatic nitrogens is 2. The molecule has 0 aliphatic carbocycles. The predicted octanol–water partition coefficient (Wildman–Crippen LogP) is 2.98. The molecule has 0 aliphatic rings. The van der Waals surface area contributed by atoms with Crippen LogP contribution in [0.2, 0.25) is 0 Å². The highest BCUT2D eigenvalue weighted by Gasteiger charge is 2.16. The van der Waals surface area contributed by atoms with E-state index in [4.69, 9.17) is 9.47 Å². The first-order valence-corrected chi connectivity index (χ1v) is 6.58. The lowest BCUT2D eigenvalue weighted by Crippen LogP contribution is -2.06. The molecule has 1 heterocycles. The molecule has 0 amide bonds. The van der Waals surface area contributed by atoms with Crippen LogP contribution in [0.4, 0.5) is 5.82 Å². The van der Waals surface area contributed by atoms with E-state index in [1.807, 2.05) is 24.3 Å². The summed E-state index contributed by atoms with van der Waals surface area (Å²) in [4.78, 5) is 8.58. The number of benzene rings is 1. The van der Waals surface area contributed by atoms with Crippen molar-refractivity contribution in [2.75, 3.05) is 26.1 Å². The van der Waals surface area contributed by atoms with Crippen molar-refractivity contribution in [3.8, 4) is 22.8 Å². The second kappa shape index (κ2) is 6.75. The molecule has 1 aromatic carbocycles. The Morgan fingerprint density at radius 2 is 1.90 bits per heavy atom. The summed E-state index contributed by atoms with van der Waals surface area (Å²) in [6.07, 6.45) is 2.54. The van der Waals surface area contributed by atoms with Gasteiger partial charge in [0.2, 0.25) is 0 Å². The van der Waals surface area contributed by atoms with Crippen LogP contribution in [0.3, 0.4) is 0 Å². The van der Waals surface area contributed by atoms with Crippen molar-refractivity contribution in [3.05, 3.63) is 30.6 Å². The van der Waals surface area contributed by atoms with Gasteiger partial charge in [0.1, 0.15) is 17.8 Å². The number of rotatable bonds is 6. The molecule has 0 spiro atoms. The van der Waals surface area contributed by atoms with Crippen molar-refractivity contribution in [3.63, 3.8) is 0 Å². The summed E-state index contributed by atoms with van der Waals surface area (Å²) < 4.78 is 10.9. The van der Waals surface area contributed by atoms with E-state index in [1.165, 1.54) is 6.33 Å². The van der Waals surface area contributed by atoms with Crippen molar-refractivity contribution >= 4 is 5.82 Å². The molecule has 0 saturated carbocycles. The summed E-state index contributed by atoms with van der Waals surface area (Å²) in [7, 11) is 3.26. The minimum atomic E-state index is 0.630. The number of nitrogens with one attached hydrogen (secondary N) is 1. The predicted molar refractivity (Wildman–Crippen MR) is 79.4 cm³/mol. The number of para-hydroxylation sites is 1. The number of hydrogen-bond acceptors (Lipinski definition) is 5. The maximum absolute atomic E-state index is 5.48. The van der Waals surface area contributed by atoms with Crippen LogP contribution in [-0.2, 0) is 0 Å². The van der Waals surface area contributed by atoms with Crippen LogP contribution in [0.1, 0.15) is 13.3 Å². The minimum Gasteiger partial charge on any atom is -0.496 e. The number of methoxy groups -OCH3 is 2. The highest BCUT2D eigenvalue weighted by atomic mass is 16.5. The smallest absolute Gasteiger partial charge is 0.187 e. The van der Waals surface area contributed by atoms with Crippen LogP contribution >= 0.6 is 0 Å². The molecule has 0 bridgehead atoms. The third kappa shape index (κ3) is 2.82. The van der Waals surface area contributed by atoms with Gasteiger partial charge in [0.15, 0.2) is 11.6 Å². The number of hydrogen-bond donors (Lipinski definition) is 1. The SMILES string of the molecule is CCCNc1ncnc(-c2ccccc2OC)c1OC. The molecule has 0 aliphatic heterocycles. The van der Waals surface area contributed by atoms with Crippen molar-refractivity contribution in [1.29, 1.82) is 0 Å². The molecular weight excluding hydrogens is 254 g/mol. The fourth-order valence-corrected chi connectivity index (χ4v) is 1.97. The fourth-order valence-electron chi connectivity index (χ4n) is 1.97. The average Bonchev–Trinajstić information content (AvgIpc) is 2.52. The third-order valence-electron chi connectivity index (χ3n) is 2.91. The number of ether oxygens (including phenoxy) is 2. The summed E-state index contributed by atoms with van der Waals surface area (Å²) in [6, 6.07) is 7.72. The first-order valence-electron chi connectivity index (χ1n) is 6.58. The maximum Gasteiger partial charge on any atom is 0.187 e. The fraction of sp³-hybridized carbons (Fsp3) is 0.333. The largest absolute Gasteiger partial charge is 0.496 e. The Hall–Kier alpha value is -2.30. The van der Waals surface area contributed by atoms with E-state index in [2.05, 4.69) is 22.2 Å². The van der Waals surface area contributed by atoms with E-state index in [0.717, 1.165) is 30.0 Å². The molecule has 20 heavy (non-hydrogen) atoms. The van der Waals surface area contributed by atoms with Gasteiger partial charge in [-0.15, -0.1) is 0 Å². The monoisotopic (exact) mass is 273 g/mol. The van der Waals surface area contributed by atoms with Gasteiger partial charge in [-0.25, -0.2) is 9.97 Å². The highest BCUT2D eigenvalue weighted by molar-refractivity contribution is 5.76. The molecule has 0 unspecified atom stereocenters. The van der Waals surface area contributed by atoms with Crippen LogP contribution in [0, 0.1) is 0 Å². The van der Waals surface area contributed by atoms with Gasteiger partial charge in [0, 0.05) is 12.1 Å². The Kier molecular flexibility index (Phi) is 4.76. The van der Waals surface area contributed by atoms with Gasteiger partial charge >= 0.3 is 0 Å². The normalized spacial score (nSPS) is 10.2. The Morgan fingerprint density at radius 3 is 2.60 bits per heavy atom. The van der Waals surface area contributed by atoms with Crippen LogP contribution < -0.4 is 14.8 Å². The molecule has 1 aromatic heterocycles. The zero-order valence-electron chi connectivity index (χ0n) is 12.0. The molecule has 0 atom stereocenters. The van der Waals surface area contributed by atoms with Crippen LogP contribution in [0.5, 0.6) is 11.5 Å². The molecule has 2 aromatic rings. The van der Waals surface area contributed by atoms with E-state index in [0.29, 0.717) is 11.6 Å². The van der Waals surface area contributed by atoms with Gasteiger partial charge in [-0.3, -0.25) is 0 Å². The van der Waals surface area contributed by atoms with Gasteiger partial charge in [-0.05, 0) is 18.6 Å². The maximum atomic E-state index is 5.48. The van der Waals surface area contributed by atoms with E-state index < -0.39 is 0 Å². The van der Waals surface area contributed by atoms with Gasteiger partial charge in [-0.2, -0.15) is 0 Å². The molecule has 0 fully saturated rings. The van der Waals surface area contributed by atoms with E-state index in [1.54, 1.807) is 14.2 Å². The van der Waals surface area contributed by atoms with Gasteiger partial charge in [0.05, 0.1) is 14.2 Å². The molecule has 2 rings (SSSR count). The van der Waals surface area contributed by atoms with Crippen molar-refractivity contribution in [2.24, 2.45) is 0 Å². The number of anilines is 1. The lowest BCUT2D eigenvalue weighted by molar-refractivity contribution is 0.408. The lowest BCUT2D eigenvalue weighted by atomic mass is 10.1. The van der Waals surface area contributed by atoms with E-state index >= 15 is 0 Å².